The van der Waals surface area contributed by atoms with Crippen LogP contribution < -0.4 is 10.6 Å². The van der Waals surface area contributed by atoms with Crippen molar-refractivity contribution in [3.05, 3.63) is 53.2 Å². The Balaban J connectivity index is 2.28. The van der Waals surface area contributed by atoms with Crippen LogP contribution in [0, 0.1) is 6.92 Å². The van der Waals surface area contributed by atoms with Crippen LogP contribution in [0.1, 0.15) is 33.2 Å². The van der Waals surface area contributed by atoms with Crippen molar-refractivity contribution in [2.24, 2.45) is 0 Å². The highest BCUT2D eigenvalue weighted by Crippen LogP contribution is 2.37. The molecule has 0 atom stereocenters. The van der Waals surface area contributed by atoms with Gasteiger partial charge in [-0.1, -0.05) is 6.07 Å². The summed E-state index contributed by atoms with van der Waals surface area (Å²) in [6, 6.07) is 7.37. The summed E-state index contributed by atoms with van der Waals surface area (Å²) in [6.45, 7) is 3.94. The molecule has 0 saturated carbocycles. The van der Waals surface area contributed by atoms with Gasteiger partial charge in [0.05, 0.1) is 5.56 Å². The molecular weight excluding hydrogens is 367 g/mol. The summed E-state index contributed by atoms with van der Waals surface area (Å²) >= 11 is -0.451. The van der Waals surface area contributed by atoms with E-state index in [-0.39, 0.29) is 11.5 Å². The third kappa shape index (κ3) is 5.22. The van der Waals surface area contributed by atoms with Gasteiger partial charge in [-0.3, -0.25) is 9.59 Å². The number of alkyl halides is 3. The fourth-order valence-corrected chi connectivity index (χ4v) is 2.71. The van der Waals surface area contributed by atoms with Crippen LogP contribution in [0.25, 0.3) is 0 Å². The monoisotopic (exact) mass is 383 g/mol. The first kappa shape index (κ1) is 19.8. The molecule has 0 aliphatic carbocycles. The smallest absolute Gasteiger partial charge is 0.352 e. The summed E-state index contributed by atoms with van der Waals surface area (Å²) in [4.78, 5) is 28.0. The molecule has 1 aromatic carbocycles. The molecule has 1 heterocycles. The third-order valence-corrected chi connectivity index (χ3v) is 4.06. The number of carbonyl (C=O) groups is 2. The zero-order chi connectivity index (χ0) is 19.3. The summed E-state index contributed by atoms with van der Waals surface area (Å²) in [5.74, 6) is -1.04. The molecule has 2 rings (SSSR count). The summed E-state index contributed by atoms with van der Waals surface area (Å²) in [5, 5.41) is 4.75. The van der Waals surface area contributed by atoms with Crippen LogP contribution in [0.2, 0.25) is 0 Å². The van der Waals surface area contributed by atoms with Crippen molar-refractivity contribution in [3.8, 4) is 0 Å². The standard InChI is InChI=1S/C17H16F3N3O2S/c1-3-21-14(24)11-7-6-10(2)13(9-11)23-15(25)12-5-4-8-22-16(12)26-17(18,19)20/h4-9H,3H2,1-2H3,(H,21,24)(H,23,25). The summed E-state index contributed by atoms with van der Waals surface area (Å²) in [5.41, 5.74) is -3.41. The van der Waals surface area contributed by atoms with Crippen molar-refractivity contribution in [1.82, 2.24) is 10.3 Å². The molecule has 0 unspecified atom stereocenters. The number of anilines is 1. The Labute approximate surface area is 152 Å². The number of hydrogen-bond donors (Lipinski definition) is 2. The molecule has 0 aliphatic heterocycles. The number of benzene rings is 1. The van der Waals surface area contributed by atoms with Gasteiger partial charge >= 0.3 is 5.51 Å². The van der Waals surface area contributed by atoms with E-state index >= 15 is 0 Å². The molecule has 0 radical (unpaired) electrons. The van der Waals surface area contributed by atoms with Crippen molar-refractivity contribution in [1.29, 1.82) is 0 Å². The number of nitrogens with zero attached hydrogens (tertiary/aromatic N) is 1. The van der Waals surface area contributed by atoms with Crippen molar-refractivity contribution in [2.45, 2.75) is 24.4 Å². The number of pyridine rings is 1. The Morgan fingerprint density at radius 2 is 1.92 bits per heavy atom. The van der Waals surface area contributed by atoms with E-state index in [1.807, 2.05) is 0 Å². The first-order valence-corrected chi connectivity index (χ1v) is 8.44. The highest BCUT2D eigenvalue weighted by atomic mass is 32.2. The fraction of sp³-hybridized carbons (Fsp3) is 0.235. The minimum atomic E-state index is -4.56. The number of halogens is 3. The second kappa shape index (κ2) is 8.22. The molecule has 0 saturated heterocycles. The van der Waals surface area contributed by atoms with E-state index in [0.29, 0.717) is 23.4 Å². The predicted molar refractivity (Wildman–Crippen MR) is 93.3 cm³/mol. The van der Waals surface area contributed by atoms with Gasteiger partial charge in [-0.2, -0.15) is 13.2 Å². The maximum Gasteiger partial charge on any atom is 0.447 e. The molecule has 1 aromatic heterocycles. The number of hydrogen-bond acceptors (Lipinski definition) is 4. The van der Waals surface area contributed by atoms with Gasteiger partial charge in [-0.05, 0) is 43.7 Å². The Kier molecular flexibility index (Phi) is 6.25. The number of rotatable bonds is 5. The van der Waals surface area contributed by atoms with Gasteiger partial charge in [0, 0.05) is 35.8 Å². The van der Waals surface area contributed by atoms with Crippen LogP contribution in [0.4, 0.5) is 18.9 Å². The topological polar surface area (TPSA) is 71.1 Å². The van der Waals surface area contributed by atoms with Crippen LogP contribution in [0.3, 0.4) is 0 Å². The predicted octanol–water partition coefficient (Wildman–Crippen LogP) is 4.00. The largest absolute Gasteiger partial charge is 0.447 e. The number of thioether (sulfide) groups is 1. The van der Waals surface area contributed by atoms with E-state index in [2.05, 4.69) is 15.6 Å². The molecule has 0 fully saturated rings. The Morgan fingerprint density at radius 3 is 2.58 bits per heavy atom. The fourth-order valence-electron chi connectivity index (χ4n) is 2.10. The van der Waals surface area contributed by atoms with Crippen LogP contribution >= 0.6 is 11.8 Å². The van der Waals surface area contributed by atoms with E-state index in [4.69, 9.17) is 0 Å². The molecule has 138 valence electrons. The van der Waals surface area contributed by atoms with Gasteiger partial charge in [-0.15, -0.1) is 0 Å². The molecule has 26 heavy (non-hydrogen) atoms. The van der Waals surface area contributed by atoms with Gasteiger partial charge in [-0.25, -0.2) is 4.98 Å². The van der Waals surface area contributed by atoms with Gasteiger partial charge in [0.25, 0.3) is 11.8 Å². The van der Waals surface area contributed by atoms with Gasteiger partial charge < -0.3 is 10.6 Å². The summed E-state index contributed by atoms with van der Waals surface area (Å²) in [7, 11) is 0. The Hall–Kier alpha value is -2.55. The van der Waals surface area contributed by atoms with Gasteiger partial charge in [0.2, 0.25) is 0 Å². The van der Waals surface area contributed by atoms with E-state index in [1.54, 1.807) is 26.0 Å². The molecular formula is C17H16F3N3O2S. The highest BCUT2D eigenvalue weighted by Gasteiger charge is 2.32. The second-order valence-electron chi connectivity index (χ2n) is 5.25. The number of aryl methyl sites for hydroxylation is 1. The molecule has 0 bridgehead atoms. The van der Waals surface area contributed by atoms with Crippen molar-refractivity contribution < 1.29 is 22.8 Å². The Morgan fingerprint density at radius 1 is 1.19 bits per heavy atom. The zero-order valence-electron chi connectivity index (χ0n) is 14.0. The summed E-state index contributed by atoms with van der Waals surface area (Å²) < 4.78 is 37.9. The number of carbonyl (C=O) groups excluding carboxylic acids is 2. The molecule has 0 spiro atoms. The lowest BCUT2D eigenvalue weighted by atomic mass is 10.1. The average molecular weight is 383 g/mol. The molecule has 5 nitrogen and oxygen atoms in total. The van der Waals surface area contributed by atoms with Crippen molar-refractivity contribution in [2.75, 3.05) is 11.9 Å². The molecule has 2 aromatic rings. The SMILES string of the molecule is CCNC(=O)c1ccc(C)c(NC(=O)c2cccnc2SC(F)(F)F)c1. The maximum atomic E-state index is 12.6. The molecule has 2 N–H and O–H groups in total. The zero-order valence-corrected chi connectivity index (χ0v) is 14.8. The maximum absolute atomic E-state index is 12.6. The van der Waals surface area contributed by atoms with Gasteiger partial charge in [0.1, 0.15) is 5.03 Å². The normalized spacial score (nSPS) is 11.1. The van der Waals surface area contributed by atoms with E-state index in [1.165, 1.54) is 24.4 Å². The Bertz CT molecular complexity index is 825. The van der Waals surface area contributed by atoms with Crippen molar-refractivity contribution in [3.63, 3.8) is 0 Å². The molecule has 9 heteroatoms. The van der Waals surface area contributed by atoms with Crippen LogP contribution in [-0.4, -0.2) is 28.9 Å². The minimum Gasteiger partial charge on any atom is -0.352 e. The molecule has 0 aliphatic rings. The van der Waals surface area contributed by atoms with Crippen LogP contribution in [-0.2, 0) is 0 Å². The number of aromatic nitrogens is 1. The quantitative estimate of drug-likeness (QED) is 0.766. The second-order valence-corrected chi connectivity index (χ2v) is 6.30. The first-order valence-electron chi connectivity index (χ1n) is 7.62. The average Bonchev–Trinajstić information content (AvgIpc) is 2.56. The van der Waals surface area contributed by atoms with E-state index in [9.17, 15) is 22.8 Å². The third-order valence-electron chi connectivity index (χ3n) is 3.31. The highest BCUT2D eigenvalue weighted by molar-refractivity contribution is 8.00. The first-order chi connectivity index (χ1) is 12.2. The lowest BCUT2D eigenvalue weighted by molar-refractivity contribution is -0.0329. The lowest BCUT2D eigenvalue weighted by Crippen LogP contribution is -2.23. The number of amides is 2. The molecule has 2 amide bonds. The summed E-state index contributed by atoms with van der Waals surface area (Å²) in [6.07, 6.45) is 1.19. The van der Waals surface area contributed by atoms with Crippen LogP contribution in [0.5, 0.6) is 0 Å². The van der Waals surface area contributed by atoms with E-state index < -0.39 is 28.2 Å². The number of nitrogens with one attached hydrogen (secondary N) is 2. The van der Waals surface area contributed by atoms with Crippen LogP contribution in [0.15, 0.2) is 41.6 Å². The van der Waals surface area contributed by atoms with E-state index in [0.717, 1.165) is 0 Å². The van der Waals surface area contributed by atoms with Gasteiger partial charge in [0.15, 0.2) is 0 Å². The lowest BCUT2D eigenvalue weighted by Gasteiger charge is -2.13. The minimum absolute atomic E-state index is 0.197. The van der Waals surface area contributed by atoms with Crippen molar-refractivity contribution >= 4 is 29.3 Å².